The van der Waals surface area contributed by atoms with Gasteiger partial charge in [-0.3, -0.25) is 14.7 Å². The lowest BCUT2D eigenvalue weighted by Crippen LogP contribution is -2.31. The van der Waals surface area contributed by atoms with E-state index in [4.69, 9.17) is 21.3 Å². The molecule has 5 nitrogen and oxygen atoms in total. The number of pyridine rings is 1. The Morgan fingerprint density at radius 3 is 2.65 bits per heavy atom. The number of carbonyl (C=O) groups excluding carboxylic acids is 1. The van der Waals surface area contributed by atoms with Gasteiger partial charge < -0.3 is 4.74 Å². The van der Waals surface area contributed by atoms with Gasteiger partial charge in [0.25, 0.3) is 0 Å². The van der Waals surface area contributed by atoms with Crippen molar-refractivity contribution in [2.75, 3.05) is 11.5 Å². The molecule has 0 bridgehead atoms. The van der Waals surface area contributed by atoms with Crippen molar-refractivity contribution in [1.29, 1.82) is 0 Å². The number of thiazole rings is 1. The first-order valence-electron chi connectivity index (χ1n) is 10.0. The maximum atomic E-state index is 13.4. The van der Waals surface area contributed by atoms with Gasteiger partial charge in [-0.15, -0.1) is 0 Å². The molecule has 0 fully saturated rings. The molecule has 0 spiro atoms. The summed E-state index contributed by atoms with van der Waals surface area (Å²) in [7, 11) is 0. The summed E-state index contributed by atoms with van der Waals surface area (Å²) < 4.78 is 6.50. The molecular weight excluding hydrogens is 430 g/mol. The highest BCUT2D eigenvalue weighted by molar-refractivity contribution is 7.22. The predicted molar refractivity (Wildman–Crippen MR) is 126 cm³/mol. The van der Waals surface area contributed by atoms with Crippen molar-refractivity contribution in [2.24, 2.45) is 0 Å². The zero-order chi connectivity index (χ0) is 21.8. The summed E-state index contributed by atoms with van der Waals surface area (Å²) in [5.74, 6) is 0.764. The Bertz CT molecular complexity index is 1190. The number of fused-ring (bicyclic) bond motifs is 1. The summed E-state index contributed by atoms with van der Waals surface area (Å²) in [5, 5.41) is 1.32. The van der Waals surface area contributed by atoms with Crippen molar-refractivity contribution >= 4 is 44.2 Å². The van der Waals surface area contributed by atoms with E-state index in [1.807, 2.05) is 62.4 Å². The molecule has 7 heteroatoms. The van der Waals surface area contributed by atoms with Crippen LogP contribution in [-0.4, -0.2) is 22.5 Å². The zero-order valence-electron chi connectivity index (χ0n) is 17.3. The number of nitrogens with zero attached hydrogens (tertiary/aromatic N) is 3. The number of anilines is 1. The second-order valence-corrected chi connectivity index (χ2v) is 8.53. The molecule has 2 aromatic carbocycles. The SMILES string of the molecule is CCOc1ccc(CC(=O)N(Cc2cccnc2)c2nc3c(C)c(Cl)ccc3s2)cc1. The third-order valence-electron chi connectivity index (χ3n) is 4.92. The van der Waals surface area contributed by atoms with Crippen molar-refractivity contribution in [1.82, 2.24) is 9.97 Å². The van der Waals surface area contributed by atoms with Crippen molar-refractivity contribution in [3.63, 3.8) is 0 Å². The van der Waals surface area contributed by atoms with Gasteiger partial charge in [-0.05, 0) is 60.9 Å². The first kappa shape index (κ1) is 21.3. The van der Waals surface area contributed by atoms with E-state index in [9.17, 15) is 4.79 Å². The Balaban J connectivity index is 1.65. The van der Waals surface area contributed by atoms with Crippen LogP contribution in [0.1, 0.15) is 23.6 Å². The molecule has 0 saturated heterocycles. The van der Waals surface area contributed by atoms with Gasteiger partial charge in [-0.1, -0.05) is 41.1 Å². The first-order valence-corrected chi connectivity index (χ1v) is 11.2. The maximum Gasteiger partial charge on any atom is 0.233 e. The monoisotopic (exact) mass is 451 g/mol. The fourth-order valence-corrected chi connectivity index (χ4v) is 4.48. The molecule has 0 aliphatic rings. The number of halogens is 1. The van der Waals surface area contributed by atoms with Crippen LogP contribution in [-0.2, 0) is 17.8 Å². The largest absolute Gasteiger partial charge is 0.494 e. The topological polar surface area (TPSA) is 55.3 Å². The van der Waals surface area contributed by atoms with Crippen LogP contribution < -0.4 is 9.64 Å². The molecule has 0 atom stereocenters. The summed E-state index contributed by atoms with van der Waals surface area (Å²) in [6.45, 7) is 4.90. The van der Waals surface area contributed by atoms with Gasteiger partial charge in [0.1, 0.15) is 5.75 Å². The lowest BCUT2D eigenvalue weighted by Gasteiger charge is -2.20. The highest BCUT2D eigenvalue weighted by Gasteiger charge is 2.21. The highest BCUT2D eigenvalue weighted by Crippen LogP contribution is 2.34. The normalized spacial score (nSPS) is 10.9. The minimum atomic E-state index is -0.0316. The van der Waals surface area contributed by atoms with Gasteiger partial charge in [0, 0.05) is 17.4 Å². The number of aryl methyl sites for hydroxylation is 1. The van der Waals surface area contributed by atoms with E-state index in [1.54, 1.807) is 17.3 Å². The van der Waals surface area contributed by atoms with Crippen LogP contribution in [0.2, 0.25) is 5.02 Å². The standard InChI is InChI=1S/C24H22ClN3O2S/c1-3-30-19-8-6-17(7-9-19)13-22(29)28(15-18-5-4-12-26-14-18)24-27-23-16(2)20(25)10-11-21(23)31-24/h4-12,14H,3,13,15H2,1-2H3. The van der Waals surface area contributed by atoms with Crippen LogP contribution in [0.3, 0.4) is 0 Å². The Hall–Kier alpha value is -2.96. The van der Waals surface area contributed by atoms with Gasteiger partial charge >= 0.3 is 0 Å². The van der Waals surface area contributed by atoms with Crippen LogP contribution >= 0.6 is 22.9 Å². The summed E-state index contributed by atoms with van der Waals surface area (Å²) in [5.41, 5.74) is 3.61. The number of ether oxygens (including phenoxy) is 1. The molecule has 1 amide bonds. The van der Waals surface area contributed by atoms with Gasteiger partial charge in [-0.2, -0.15) is 0 Å². The van der Waals surface area contributed by atoms with Crippen LogP contribution in [0, 0.1) is 6.92 Å². The number of amides is 1. The zero-order valence-corrected chi connectivity index (χ0v) is 18.9. The van der Waals surface area contributed by atoms with Gasteiger partial charge in [0.05, 0.1) is 29.8 Å². The van der Waals surface area contributed by atoms with Gasteiger partial charge in [-0.25, -0.2) is 4.98 Å². The van der Waals surface area contributed by atoms with E-state index < -0.39 is 0 Å². The lowest BCUT2D eigenvalue weighted by molar-refractivity contribution is -0.118. The van der Waals surface area contributed by atoms with Crippen molar-refractivity contribution in [3.8, 4) is 5.75 Å². The molecular formula is C24H22ClN3O2S. The first-order chi connectivity index (χ1) is 15.0. The Morgan fingerprint density at radius 1 is 1.13 bits per heavy atom. The molecule has 31 heavy (non-hydrogen) atoms. The Morgan fingerprint density at radius 2 is 1.94 bits per heavy atom. The van der Waals surface area contributed by atoms with Crippen LogP contribution in [0.4, 0.5) is 5.13 Å². The summed E-state index contributed by atoms with van der Waals surface area (Å²) in [6.07, 6.45) is 3.76. The number of aromatic nitrogens is 2. The fraction of sp³-hybridized carbons (Fsp3) is 0.208. The smallest absolute Gasteiger partial charge is 0.233 e. The Labute approximate surface area is 190 Å². The van der Waals surface area contributed by atoms with E-state index in [-0.39, 0.29) is 12.3 Å². The summed E-state index contributed by atoms with van der Waals surface area (Å²) in [6, 6.07) is 15.3. The third kappa shape index (κ3) is 4.86. The second-order valence-electron chi connectivity index (χ2n) is 7.11. The molecule has 0 N–H and O–H groups in total. The van der Waals surface area contributed by atoms with Crippen molar-refractivity contribution < 1.29 is 9.53 Å². The molecule has 0 aliphatic heterocycles. The predicted octanol–water partition coefficient (Wildman–Crippen LogP) is 5.83. The maximum absolute atomic E-state index is 13.4. The molecule has 0 radical (unpaired) electrons. The van der Waals surface area contributed by atoms with Crippen LogP contribution in [0.5, 0.6) is 5.75 Å². The van der Waals surface area contributed by atoms with Crippen LogP contribution in [0.15, 0.2) is 60.9 Å². The third-order valence-corrected chi connectivity index (χ3v) is 6.37. The van der Waals surface area contributed by atoms with Crippen molar-refractivity contribution in [3.05, 3.63) is 82.6 Å². The second kappa shape index (κ2) is 9.45. The van der Waals surface area contributed by atoms with E-state index in [0.29, 0.717) is 23.3 Å². The van der Waals surface area contributed by atoms with Gasteiger partial charge in [0.15, 0.2) is 5.13 Å². The number of hydrogen-bond donors (Lipinski definition) is 0. The Kier molecular flexibility index (Phi) is 6.49. The number of rotatable bonds is 7. The van der Waals surface area contributed by atoms with Crippen LogP contribution in [0.25, 0.3) is 10.2 Å². The quantitative estimate of drug-likeness (QED) is 0.355. The summed E-state index contributed by atoms with van der Waals surface area (Å²) in [4.78, 5) is 24.1. The minimum Gasteiger partial charge on any atom is -0.494 e. The van der Waals surface area contributed by atoms with Gasteiger partial charge in [0.2, 0.25) is 5.91 Å². The molecule has 0 aliphatic carbocycles. The number of carbonyl (C=O) groups is 1. The highest BCUT2D eigenvalue weighted by atomic mass is 35.5. The lowest BCUT2D eigenvalue weighted by atomic mass is 10.1. The van der Waals surface area contributed by atoms with E-state index >= 15 is 0 Å². The van der Waals surface area contributed by atoms with E-state index in [0.717, 1.165) is 32.7 Å². The minimum absolute atomic E-state index is 0.0316. The molecule has 0 unspecified atom stereocenters. The number of benzene rings is 2. The fourth-order valence-electron chi connectivity index (χ4n) is 3.28. The molecule has 0 saturated carbocycles. The van der Waals surface area contributed by atoms with Crippen molar-refractivity contribution in [2.45, 2.75) is 26.8 Å². The molecule has 2 aromatic heterocycles. The summed E-state index contributed by atoms with van der Waals surface area (Å²) >= 11 is 7.77. The molecule has 4 aromatic rings. The van der Waals surface area contributed by atoms with E-state index in [1.165, 1.54) is 11.3 Å². The molecule has 4 rings (SSSR count). The molecule has 2 heterocycles. The molecule has 158 valence electrons. The van der Waals surface area contributed by atoms with E-state index in [2.05, 4.69) is 4.98 Å². The average molecular weight is 452 g/mol. The number of hydrogen-bond acceptors (Lipinski definition) is 5. The average Bonchev–Trinajstić information content (AvgIpc) is 3.21.